The van der Waals surface area contributed by atoms with Gasteiger partial charge in [-0.25, -0.2) is 14.3 Å². The maximum atomic E-state index is 13.1. The lowest BCUT2D eigenvalue weighted by molar-refractivity contribution is 0.0543. The minimum Gasteiger partial charge on any atom is -0.443 e. The molecule has 1 aliphatic carbocycles. The van der Waals surface area contributed by atoms with Gasteiger partial charge in [-0.1, -0.05) is 12.1 Å². The Labute approximate surface area is 195 Å². The van der Waals surface area contributed by atoms with E-state index in [9.17, 15) is 19.2 Å². The quantitative estimate of drug-likeness (QED) is 0.596. The van der Waals surface area contributed by atoms with Gasteiger partial charge >= 0.3 is 6.09 Å². The van der Waals surface area contributed by atoms with E-state index in [0.717, 1.165) is 12.8 Å². The first-order valence-electron chi connectivity index (χ1n) is 11.0. The maximum absolute atomic E-state index is 13.1. The predicted octanol–water partition coefficient (Wildman–Crippen LogP) is 2.28. The van der Waals surface area contributed by atoms with E-state index in [-0.39, 0.29) is 29.6 Å². The highest BCUT2D eigenvalue weighted by molar-refractivity contribution is 5.99. The van der Waals surface area contributed by atoms with Gasteiger partial charge in [0.2, 0.25) is 0 Å². The SMILES string of the molecule is CNC(=O)c1cc(C(=O)NC2CC2)cn(Cc2cccc3c2ncn3C(=O)OC(C)(C)C)c1=O. The molecule has 0 unspecified atom stereocenters. The van der Waals surface area contributed by atoms with Crippen molar-refractivity contribution in [3.63, 3.8) is 0 Å². The number of amides is 2. The van der Waals surface area contributed by atoms with Crippen molar-refractivity contribution in [2.24, 2.45) is 0 Å². The number of aromatic nitrogens is 3. The van der Waals surface area contributed by atoms with E-state index in [1.165, 1.54) is 34.8 Å². The summed E-state index contributed by atoms with van der Waals surface area (Å²) in [5.74, 6) is -0.916. The van der Waals surface area contributed by atoms with E-state index < -0.39 is 23.2 Å². The molecule has 10 heteroatoms. The Morgan fingerprint density at radius 1 is 1.18 bits per heavy atom. The molecule has 2 heterocycles. The molecule has 2 aromatic heterocycles. The molecule has 0 saturated heterocycles. The number of benzene rings is 1. The average molecular weight is 466 g/mol. The minimum absolute atomic E-state index is 0.0516. The molecule has 1 fully saturated rings. The molecule has 0 atom stereocenters. The van der Waals surface area contributed by atoms with Gasteiger partial charge in [0.15, 0.2) is 0 Å². The highest BCUT2D eigenvalue weighted by Gasteiger charge is 2.25. The summed E-state index contributed by atoms with van der Waals surface area (Å²) >= 11 is 0. The van der Waals surface area contributed by atoms with E-state index in [1.807, 2.05) is 0 Å². The molecule has 0 aliphatic heterocycles. The van der Waals surface area contributed by atoms with Crippen molar-refractivity contribution >= 4 is 28.9 Å². The van der Waals surface area contributed by atoms with Gasteiger partial charge in [0, 0.05) is 19.3 Å². The molecule has 1 aromatic carbocycles. The van der Waals surface area contributed by atoms with Crippen LogP contribution < -0.4 is 16.2 Å². The summed E-state index contributed by atoms with van der Waals surface area (Å²) in [6.07, 6.45) is 4.08. The van der Waals surface area contributed by atoms with E-state index >= 15 is 0 Å². The zero-order chi connectivity index (χ0) is 24.6. The number of carbonyl (C=O) groups is 3. The van der Waals surface area contributed by atoms with Crippen molar-refractivity contribution in [3.8, 4) is 0 Å². The number of nitrogens with one attached hydrogen (secondary N) is 2. The van der Waals surface area contributed by atoms with Gasteiger partial charge in [0.25, 0.3) is 17.4 Å². The fraction of sp³-hybridized carbons (Fsp3) is 0.375. The molecule has 2 amide bonds. The smallest absolute Gasteiger partial charge is 0.420 e. The number of carbonyl (C=O) groups excluding carboxylic acids is 3. The zero-order valence-corrected chi connectivity index (χ0v) is 19.5. The molecule has 3 aromatic rings. The fourth-order valence-electron chi connectivity index (χ4n) is 3.54. The van der Waals surface area contributed by atoms with Crippen LogP contribution in [0.2, 0.25) is 0 Å². The molecule has 10 nitrogen and oxygen atoms in total. The topological polar surface area (TPSA) is 124 Å². The summed E-state index contributed by atoms with van der Waals surface area (Å²) in [6, 6.07) is 6.69. The number of ether oxygens (including phenoxy) is 1. The highest BCUT2D eigenvalue weighted by Crippen LogP contribution is 2.21. The first kappa shape index (κ1) is 23.2. The summed E-state index contributed by atoms with van der Waals surface area (Å²) in [7, 11) is 1.42. The third-order valence-corrected chi connectivity index (χ3v) is 5.32. The van der Waals surface area contributed by atoms with Crippen LogP contribution in [0.15, 0.2) is 41.6 Å². The minimum atomic E-state index is -0.670. The van der Waals surface area contributed by atoms with Crippen molar-refractivity contribution in [3.05, 3.63) is 63.8 Å². The number of nitrogens with zero attached hydrogens (tertiary/aromatic N) is 3. The van der Waals surface area contributed by atoms with Gasteiger partial charge in [-0.15, -0.1) is 0 Å². The average Bonchev–Trinajstić information content (AvgIpc) is 3.47. The van der Waals surface area contributed by atoms with E-state index in [2.05, 4.69) is 15.6 Å². The third kappa shape index (κ3) is 4.85. The molecular weight excluding hydrogens is 438 g/mol. The Balaban J connectivity index is 1.73. The maximum Gasteiger partial charge on any atom is 0.420 e. The van der Waals surface area contributed by atoms with Crippen LogP contribution in [0.3, 0.4) is 0 Å². The summed E-state index contributed by atoms with van der Waals surface area (Å²) in [4.78, 5) is 55.0. The lowest BCUT2D eigenvalue weighted by atomic mass is 10.1. The fourth-order valence-corrected chi connectivity index (χ4v) is 3.54. The lowest BCUT2D eigenvalue weighted by Crippen LogP contribution is -2.34. The van der Waals surface area contributed by atoms with Crippen molar-refractivity contribution in [2.75, 3.05) is 7.05 Å². The second-order valence-corrected chi connectivity index (χ2v) is 9.28. The van der Waals surface area contributed by atoms with Gasteiger partial charge in [0.05, 0.1) is 23.1 Å². The number of pyridine rings is 1. The number of hydrogen-bond acceptors (Lipinski definition) is 6. The highest BCUT2D eigenvalue weighted by atomic mass is 16.6. The van der Waals surface area contributed by atoms with Crippen LogP contribution >= 0.6 is 0 Å². The molecule has 1 saturated carbocycles. The number of hydrogen-bond donors (Lipinski definition) is 2. The molecule has 178 valence electrons. The molecule has 2 N–H and O–H groups in total. The Bertz CT molecular complexity index is 1340. The molecule has 4 rings (SSSR count). The Morgan fingerprint density at radius 2 is 1.91 bits per heavy atom. The molecule has 0 radical (unpaired) electrons. The molecule has 0 bridgehead atoms. The van der Waals surface area contributed by atoms with Crippen LogP contribution in [0.25, 0.3) is 11.0 Å². The molecule has 0 spiro atoms. The number of para-hydroxylation sites is 1. The zero-order valence-electron chi connectivity index (χ0n) is 19.5. The van der Waals surface area contributed by atoms with Crippen LogP contribution in [0.1, 0.15) is 59.9 Å². The second-order valence-electron chi connectivity index (χ2n) is 9.28. The van der Waals surface area contributed by atoms with Crippen molar-refractivity contribution in [2.45, 2.75) is 51.8 Å². The largest absolute Gasteiger partial charge is 0.443 e. The van der Waals surface area contributed by atoms with E-state index in [1.54, 1.807) is 39.0 Å². The monoisotopic (exact) mass is 465 g/mol. The summed E-state index contributed by atoms with van der Waals surface area (Å²) in [5.41, 5.74) is 0.559. The second kappa shape index (κ2) is 8.77. The predicted molar refractivity (Wildman–Crippen MR) is 125 cm³/mol. The lowest BCUT2D eigenvalue weighted by Gasteiger charge is -2.19. The van der Waals surface area contributed by atoms with Crippen molar-refractivity contribution < 1.29 is 19.1 Å². The van der Waals surface area contributed by atoms with Crippen LogP contribution in [-0.4, -0.2) is 50.7 Å². The molecule has 34 heavy (non-hydrogen) atoms. The van der Waals surface area contributed by atoms with Gasteiger partial charge in [0.1, 0.15) is 17.5 Å². The first-order chi connectivity index (χ1) is 16.1. The Kier molecular flexibility index (Phi) is 5.99. The normalized spacial score (nSPS) is 13.5. The summed E-state index contributed by atoms with van der Waals surface area (Å²) in [5, 5.41) is 5.32. The summed E-state index contributed by atoms with van der Waals surface area (Å²) < 4.78 is 8.06. The third-order valence-electron chi connectivity index (χ3n) is 5.32. The summed E-state index contributed by atoms with van der Waals surface area (Å²) in [6.45, 7) is 5.38. The van der Waals surface area contributed by atoms with Crippen molar-refractivity contribution in [1.29, 1.82) is 0 Å². The number of rotatable bonds is 5. The Morgan fingerprint density at radius 3 is 2.56 bits per heavy atom. The van der Waals surface area contributed by atoms with E-state index in [4.69, 9.17) is 4.74 Å². The van der Waals surface area contributed by atoms with Crippen LogP contribution in [0.5, 0.6) is 0 Å². The number of fused-ring (bicyclic) bond motifs is 1. The Hall–Kier alpha value is -3.95. The van der Waals surface area contributed by atoms with Gasteiger partial charge in [-0.05, 0) is 51.3 Å². The van der Waals surface area contributed by atoms with Crippen LogP contribution in [0, 0.1) is 0 Å². The first-order valence-corrected chi connectivity index (χ1v) is 11.0. The van der Waals surface area contributed by atoms with Crippen LogP contribution in [-0.2, 0) is 11.3 Å². The number of imidazole rings is 1. The van der Waals surface area contributed by atoms with E-state index in [0.29, 0.717) is 16.6 Å². The molecule has 1 aliphatic rings. The molecular formula is C24H27N5O5. The van der Waals surface area contributed by atoms with Gasteiger partial charge in [-0.2, -0.15) is 0 Å². The van der Waals surface area contributed by atoms with Crippen molar-refractivity contribution in [1.82, 2.24) is 24.8 Å². The van der Waals surface area contributed by atoms with Gasteiger partial charge in [-0.3, -0.25) is 14.4 Å². The van der Waals surface area contributed by atoms with Gasteiger partial charge < -0.3 is 19.9 Å². The van der Waals surface area contributed by atoms with Crippen LogP contribution in [0.4, 0.5) is 4.79 Å². The standard InChI is InChI=1S/C24H27N5O5/c1-24(2,3)34-23(33)29-13-26-19-14(6-5-7-18(19)29)11-28-12-15(20(30)27-16-8-9-16)10-17(22(28)32)21(31)25-4/h5-7,10,12-13,16H,8-9,11H2,1-4H3,(H,25,31)(H,27,30).